The lowest BCUT2D eigenvalue weighted by atomic mass is 9.86. The number of aliphatic hydroxyl groups excluding tert-OH is 1. The Morgan fingerprint density at radius 1 is 1.29 bits per heavy atom. The topological polar surface area (TPSA) is 58.0 Å². The summed E-state index contributed by atoms with van der Waals surface area (Å²) in [6.07, 6.45) is 6.14. The Morgan fingerprint density at radius 3 is 3.00 bits per heavy atom. The van der Waals surface area contributed by atoms with Crippen LogP contribution in [0.15, 0.2) is 29.8 Å². The minimum absolute atomic E-state index is 0.134. The van der Waals surface area contributed by atoms with Gasteiger partial charge in [-0.15, -0.1) is 11.3 Å². The largest absolute Gasteiger partial charge is 0.393 e. The van der Waals surface area contributed by atoms with Crippen molar-refractivity contribution in [3.05, 3.63) is 35.5 Å². The molecule has 1 aliphatic carbocycles. The van der Waals surface area contributed by atoms with E-state index < -0.39 is 0 Å². The highest BCUT2D eigenvalue weighted by Crippen LogP contribution is 2.24. The Balaban J connectivity index is 1.51. The van der Waals surface area contributed by atoms with Crippen LogP contribution in [0.4, 0.5) is 0 Å². The summed E-state index contributed by atoms with van der Waals surface area (Å²) in [5.41, 5.74) is 1.97. The van der Waals surface area contributed by atoms with Gasteiger partial charge in [0.1, 0.15) is 5.01 Å². The molecule has 0 saturated heterocycles. The van der Waals surface area contributed by atoms with Gasteiger partial charge in [0.25, 0.3) is 0 Å². The second-order valence-corrected chi connectivity index (χ2v) is 6.46. The molecule has 2 N–H and O–H groups in total. The summed E-state index contributed by atoms with van der Waals surface area (Å²) in [5.74, 6) is 0.396. The first-order chi connectivity index (χ1) is 10.3. The lowest BCUT2D eigenvalue weighted by Crippen LogP contribution is -2.33. The van der Waals surface area contributed by atoms with Gasteiger partial charge in [-0.05, 0) is 30.9 Å². The van der Waals surface area contributed by atoms with Crippen LogP contribution in [0, 0.1) is 5.92 Å². The van der Waals surface area contributed by atoms with E-state index in [0.29, 0.717) is 5.92 Å². The van der Waals surface area contributed by atoms with Crippen LogP contribution in [0.3, 0.4) is 0 Å². The molecular weight excluding hydrogens is 282 g/mol. The average Bonchev–Trinajstić information content (AvgIpc) is 2.99. The first-order valence-corrected chi connectivity index (χ1v) is 8.45. The SMILES string of the molecule is OC1CCCCC1CNCc1csc(-c2ccccn2)n1. The summed E-state index contributed by atoms with van der Waals surface area (Å²) in [6.45, 7) is 1.63. The fourth-order valence-electron chi connectivity index (χ4n) is 2.81. The van der Waals surface area contributed by atoms with E-state index in [1.54, 1.807) is 17.5 Å². The molecule has 3 rings (SSSR count). The zero-order chi connectivity index (χ0) is 14.5. The number of rotatable bonds is 5. The molecule has 2 atom stereocenters. The summed E-state index contributed by atoms with van der Waals surface area (Å²) in [7, 11) is 0. The van der Waals surface area contributed by atoms with Gasteiger partial charge in [-0.3, -0.25) is 4.98 Å². The summed E-state index contributed by atoms with van der Waals surface area (Å²) in [6, 6.07) is 5.87. The summed E-state index contributed by atoms with van der Waals surface area (Å²) >= 11 is 1.63. The van der Waals surface area contributed by atoms with Gasteiger partial charge in [-0.25, -0.2) is 4.98 Å². The first-order valence-electron chi connectivity index (χ1n) is 7.57. The molecule has 112 valence electrons. The molecule has 0 aromatic carbocycles. The molecule has 1 aliphatic rings. The maximum Gasteiger partial charge on any atom is 0.142 e. The van der Waals surface area contributed by atoms with Gasteiger partial charge in [0.2, 0.25) is 0 Å². The van der Waals surface area contributed by atoms with Crippen LogP contribution in [-0.4, -0.2) is 27.7 Å². The number of aromatic nitrogens is 2. The zero-order valence-electron chi connectivity index (χ0n) is 12.0. The molecule has 0 amide bonds. The smallest absolute Gasteiger partial charge is 0.142 e. The van der Waals surface area contributed by atoms with Crippen LogP contribution in [0.5, 0.6) is 0 Å². The van der Waals surface area contributed by atoms with Gasteiger partial charge in [-0.1, -0.05) is 18.9 Å². The van der Waals surface area contributed by atoms with Crippen molar-refractivity contribution in [2.75, 3.05) is 6.54 Å². The van der Waals surface area contributed by atoms with Gasteiger partial charge < -0.3 is 10.4 Å². The predicted octanol–water partition coefficient (Wildman–Crippen LogP) is 2.85. The van der Waals surface area contributed by atoms with Gasteiger partial charge in [0.05, 0.1) is 17.5 Å². The van der Waals surface area contributed by atoms with Crippen LogP contribution in [0.25, 0.3) is 10.7 Å². The lowest BCUT2D eigenvalue weighted by Gasteiger charge is -2.27. The summed E-state index contributed by atoms with van der Waals surface area (Å²) in [5, 5.41) is 16.4. The third kappa shape index (κ3) is 3.87. The minimum atomic E-state index is -0.134. The standard InChI is InChI=1S/C16H21N3OS/c20-15-7-2-1-5-12(15)9-17-10-13-11-21-16(19-13)14-6-3-4-8-18-14/h3-4,6,8,11-12,15,17,20H,1-2,5,7,9-10H2. The van der Waals surface area contributed by atoms with Gasteiger partial charge in [-0.2, -0.15) is 0 Å². The van der Waals surface area contributed by atoms with E-state index in [0.717, 1.165) is 48.7 Å². The van der Waals surface area contributed by atoms with Crippen molar-refractivity contribution >= 4 is 11.3 Å². The highest BCUT2D eigenvalue weighted by molar-refractivity contribution is 7.13. The van der Waals surface area contributed by atoms with E-state index >= 15 is 0 Å². The van der Waals surface area contributed by atoms with Crippen LogP contribution < -0.4 is 5.32 Å². The number of hydrogen-bond donors (Lipinski definition) is 2. The van der Waals surface area contributed by atoms with Gasteiger partial charge >= 0.3 is 0 Å². The van der Waals surface area contributed by atoms with Gasteiger partial charge in [0.15, 0.2) is 0 Å². The second kappa shape index (κ2) is 7.11. The van der Waals surface area contributed by atoms with E-state index in [1.165, 1.54) is 6.42 Å². The molecular formula is C16H21N3OS. The van der Waals surface area contributed by atoms with Crippen molar-refractivity contribution in [3.8, 4) is 10.7 Å². The summed E-state index contributed by atoms with van der Waals surface area (Å²) < 4.78 is 0. The maximum absolute atomic E-state index is 9.96. The molecule has 0 bridgehead atoms. The molecule has 0 aliphatic heterocycles. The molecule has 2 heterocycles. The highest BCUT2D eigenvalue weighted by atomic mass is 32.1. The van der Waals surface area contributed by atoms with Gasteiger partial charge in [0, 0.05) is 24.7 Å². The lowest BCUT2D eigenvalue weighted by molar-refractivity contribution is 0.0694. The predicted molar refractivity (Wildman–Crippen MR) is 85.0 cm³/mol. The Hall–Kier alpha value is -1.30. The number of nitrogens with one attached hydrogen (secondary N) is 1. The Labute approximate surface area is 129 Å². The van der Waals surface area contributed by atoms with Crippen LogP contribution in [-0.2, 0) is 6.54 Å². The van der Waals surface area contributed by atoms with E-state index in [9.17, 15) is 5.11 Å². The molecule has 5 heteroatoms. The third-order valence-electron chi connectivity index (χ3n) is 4.02. The molecule has 2 aromatic rings. The molecule has 4 nitrogen and oxygen atoms in total. The summed E-state index contributed by atoms with van der Waals surface area (Å²) in [4.78, 5) is 8.93. The van der Waals surface area contributed by atoms with Crippen molar-refractivity contribution < 1.29 is 5.11 Å². The quantitative estimate of drug-likeness (QED) is 0.892. The number of aliphatic hydroxyl groups is 1. The van der Waals surface area contributed by atoms with Crippen molar-refractivity contribution in [2.24, 2.45) is 5.92 Å². The fraction of sp³-hybridized carbons (Fsp3) is 0.500. The van der Waals surface area contributed by atoms with Crippen LogP contribution >= 0.6 is 11.3 Å². The molecule has 2 unspecified atom stereocenters. The van der Waals surface area contributed by atoms with E-state index in [1.807, 2.05) is 18.2 Å². The molecule has 2 aromatic heterocycles. The van der Waals surface area contributed by atoms with E-state index in [2.05, 4.69) is 20.7 Å². The Kier molecular flexibility index (Phi) is 4.95. The first kappa shape index (κ1) is 14.6. The van der Waals surface area contributed by atoms with Crippen molar-refractivity contribution in [3.63, 3.8) is 0 Å². The fourth-order valence-corrected chi connectivity index (χ4v) is 3.60. The Morgan fingerprint density at radius 2 is 2.19 bits per heavy atom. The number of thiazole rings is 1. The molecule has 0 radical (unpaired) electrons. The van der Waals surface area contributed by atoms with Crippen LogP contribution in [0.2, 0.25) is 0 Å². The number of hydrogen-bond acceptors (Lipinski definition) is 5. The van der Waals surface area contributed by atoms with Crippen molar-refractivity contribution in [2.45, 2.75) is 38.3 Å². The second-order valence-electron chi connectivity index (χ2n) is 5.60. The molecule has 21 heavy (non-hydrogen) atoms. The average molecular weight is 303 g/mol. The number of pyridine rings is 1. The maximum atomic E-state index is 9.96. The number of nitrogens with zero attached hydrogens (tertiary/aromatic N) is 2. The van der Waals surface area contributed by atoms with E-state index in [4.69, 9.17) is 0 Å². The van der Waals surface area contributed by atoms with Crippen molar-refractivity contribution in [1.29, 1.82) is 0 Å². The van der Waals surface area contributed by atoms with E-state index in [-0.39, 0.29) is 6.10 Å². The molecule has 1 fully saturated rings. The molecule has 1 saturated carbocycles. The zero-order valence-corrected chi connectivity index (χ0v) is 12.9. The monoisotopic (exact) mass is 303 g/mol. The Bertz CT molecular complexity index is 558. The minimum Gasteiger partial charge on any atom is -0.393 e. The normalized spacial score (nSPS) is 22.3. The molecule has 0 spiro atoms. The third-order valence-corrected chi connectivity index (χ3v) is 4.93. The van der Waals surface area contributed by atoms with Crippen LogP contribution in [0.1, 0.15) is 31.4 Å². The highest BCUT2D eigenvalue weighted by Gasteiger charge is 2.22. The van der Waals surface area contributed by atoms with Crippen molar-refractivity contribution in [1.82, 2.24) is 15.3 Å².